The van der Waals surface area contributed by atoms with Crippen LogP contribution in [0, 0.1) is 0 Å². The van der Waals surface area contributed by atoms with Crippen LogP contribution in [0.15, 0.2) is 35.9 Å². The summed E-state index contributed by atoms with van der Waals surface area (Å²) in [5, 5.41) is 2.88. The highest BCUT2D eigenvalue weighted by atomic mass is 16.2. The molecule has 1 aromatic rings. The Morgan fingerprint density at radius 3 is 2.44 bits per heavy atom. The third kappa shape index (κ3) is 6.37. The highest BCUT2D eigenvalue weighted by molar-refractivity contribution is 5.94. The molecule has 1 aromatic carbocycles. The van der Waals surface area contributed by atoms with Crippen LogP contribution in [0.4, 0.5) is 5.69 Å². The number of allylic oxidation sites excluding steroid dienone is 1. The molecule has 0 spiro atoms. The van der Waals surface area contributed by atoms with Gasteiger partial charge in [-0.3, -0.25) is 9.59 Å². The van der Waals surface area contributed by atoms with Crippen LogP contribution in [0.3, 0.4) is 0 Å². The summed E-state index contributed by atoms with van der Waals surface area (Å²) in [6, 6.07) is 7.88. The number of hydrogen-bond donors (Lipinski definition) is 1. The number of nitrogens with zero attached hydrogens (tertiary/aromatic N) is 1. The van der Waals surface area contributed by atoms with E-state index in [9.17, 15) is 9.59 Å². The molecule has 0 aliphatic heterocycles. The molecule has 25 heavy (non-hydrogen) atoms. The number of hydrogen-bond acceptors (Lipinski definition) is 2. The van der Waals surface area contributed by atoms with Gasteiger partial charge in [0.1, 0.15) is 0 Å². The van der Waals surface area contributed by atoms with Crippen LogP contribution in [0.2, 0.25) is 0 Å². The van der Waals surface area contributed by atoms with E-state index in [0.29, 0.717) is 12.5 Å². The maximum absolute atomic E-state index is 12.3. The van der Waals surface area contributed by atoms with Crippen LogP contribution in [-0.4, -0.2) is 29.8 Å². The van der Waals surface area contributed by atoms with E-state index in [0.717, 1.165) is 24.9 Å². The maximum Gasteiger partial charge on any atom is 0.243 e. The highest BCUT2D eigenvalue weighted by Crippen LogP contribution is 2.20. The SMILES string of the molecule is CC(=O)N(CCC1=CCCCC1)CC(=O)Nc1ccc(C(C)C)cc1. The summed E-state index contributed by atoms with van der Waals surface area (Å²) in [7, 11) is 0. The fourth-order valence-electron chi connectivity index (χ4n) is 3.08. The van der Waals surface area contributed by atoms with Crippen molar-refractivity contribution in [3.63, 3.8) is 0 Å². The Bertz CT molecular complexity index is 617. The van der Waals surface area contributed by atoms with Gasteiger partial charge in [-0.15, -0.1) is 0 Å². The molecule has 2 rings (SSSR count). The van der Waals surface area contributed by atoms with Gasteiger partial charge in [0.25, 0.3) is 0 Å². The molecule has 2 amide bonds. The summed E-state index contributed by atoms with van der Waals surface area (Å²) in [4.78, 5) is 25.8. The van der Waals surface area contributed by atoms with E-state index < -0.39 is 0 Å². The Hall–Kier alpha value is -2.10. The van der Waals surface area contributed by atoms with E-state index >= 15 is 0 Å². The Morgan fingerprint density at radius 2 is 1.88 bits per heavy atom. The second kappa shape index (κ2) is 9.40. The molecule has 0 fully saturated rings. The molecular weight excluding hydrogens is 312 g/mol. The van der Waals surface area contributed by atoms with E-state index in [1.807, 2.05) is 24.3 Å². The van der Waals surface area contributed by atoms with Crippen molar-refractivity contribution in [2.45, 2.75) is 58.8 Å². The molecule has 1 aliphatic carbocycles. The van der Waals surface area contributed by atoms with Gasteiger partial charge in [-0.2, -0.15) is 0 Å². The van der Waals surface area contributed by atoms with Crippen LogP contribution in [0.25, 0.3) is 0 Å². The number of carbonyl (C=O) groups excluding carboxylic acids is 2. The monoisotopic (exact) mass is 342 g/mol. The van der Waals surface area contributed by atoms with Crippen molar-refractivity contribution in [3.8, 4) is 0 Å². The summed E-state index contributed by atoms with van der Waals surface area (Å²) in [6.07, 6.45) is 7.92. The van der Waals surface area contributed by atoms with E-state index in [1.165, 1.54) is 30.9 Å². The van der Waals surface area contributed by atoms with Crippen molar-refractivity contribution in [2.75, 3.05) is 18.4 Å². The predicted molar refractivity (Wildman–Crippen MR) is 103 cm³/mol. The van der Waals surface area contributed by atoms with E-state index in [2.05, 4.69) is 25.2 Å². The normalized spacial score (nSPS) is 14.2. The molecule has 0 radical (unpaired) electrons. The van der Waals surface area contributed by atoms with Gasteiger partial charge in [-0.1, -0.05) is 37.6 Å². The van der Waals surface area contributed by atoms with Crippen LogP contribution in [0.1, 0.15) is 64.4 Å². The molecule has 4 nitrogen and oxygen atoms in total. The molecule has 0 heterocycles. The minimum atomic E-state index is -0.148. The summed E-state index contributed by atoms with van der Waals surface area (Å²) in [6.45, 7) is 6.52. The minimum absolute atomic E-state index is 0.0540. The van der Waals surface area contributed by atoms with E-state index in [1.54, 1.807) is 4.90 Å². The minimum Gasteiger partial charge on any atom is -0.333 e. The summed E-state index contributed by atoms with van der Waals surface area (Å²) in [5.74, 6) is 0.263. The van der Waals surface area contributed by atoms with Crippen LogP contribution >= 0.6 is 0 Å². The standard InChI is InChI=1S/C21H30N2O2/c1-16(2)19-9-11-20(12-10-19)22-21(25)15-23(17(3)24)14-13-18-7-5-4-6-8-18/h7,9-12,16H,4-6,8,13-15H2,1-3H3,(H,22,25). The topological polar surface area (TPSA) is 49.4 Å². The lowest BCUT2D eigenvalue weighted by atomic mass is 9.97. The zero-order chi connectivity index (χ0) is 18.2. The van der Waals surface area contributed by atoms with Crippen molar-refractivity contribution in [2.24, 2.45) is 0 Å². The lowest BCUT2D eigenvalue weighted by Crippen LogP contribution is -2.37. The lowest BCUT2D eigenvalue weighted by Gasteiger charge is -2.22. The molecule has 0 saturated carbocycles. The summed E-state index contributed by atoms with van der Waals surface area (Å²) >= 11 is 0. The molecule has 1 aliphatic rings. The highest BCUT2D eigenvalue weighted by Gasteiger charge is 2.15. The van der Waals surface area contributed by atoms with Crippen molar-refractivity contribution < 1.29 is 9.59 Å². The first-order chi connectivity index (χ1) is 12.0. The first-order valence-corrected chi connectivity index (χ1v) is 9.29. The second-order valence-electron chi connectivity index (χ2n) is 7.12. The van der Waals surface area contributed by atoms with Gasteiger partial charge < -0.3 is 10.2 Å². The number of benzene rings is 1. The van der Waals surface area contributed by atoms with Gasteiger partial charge in [0.05, 0.1) is 6.54 Å². The van der Waals surface area contributed by atoms with Crippen LogP contribution < -0.4 is 5.32 Å². The number of anilines is 1. The van der Waals surface area contributed by atoms with Gasteiger partial charge in [0, 0.05) is 19.2 Å². The van der Waals surface area contributed by atoms with E-state index in [4.69, 9.17) is 0 Å². The third-order valence-electron chi connectivity index (χ3n) is 4.73. The predicted octanol–water partition coefficient (Wildman–Crippen LogP) is 4.49. The van der Waals surface area contributed by atoms with Gasteiger partial charge >= 0.3 is 0 Å². The quantitative estimate of drug-likeness (QED) is 0.742. The first kappa shape index (κ1) is 19.2. The van der Waals surface area contributed by atoms with Crippen LogP contribution in [0.5, 0.6) is 0 Å². The molecule has 0 saturated heterocycles. The lowest BCUT2D eigenvalue weighted by molar-refractivity contribution is -0.132. The fraction of sp³-hybridized carbons (Fsp3) is 0.524. The second-order valence-corrected chi connectivity index (χ2v) is 7.12. The van der Waals surface area contributed by atoms with Crippen molar-refractivity contribution in [3.05, 3.63) is 41.5 Å². The number of nitrogens with one attached hydrogen (secondary N) is 1. The van der Waals surface area contributed by atoms with Crippen molar-refractivity contribution >= 4 is 17.5 Å². The van der Waals surface area contributed by atoms with Crippen LogP contribution in [-0.2, 0) is 9.59 Å². The molecule has 0 aromatic heterocycles. The molecule has 4 heteroatoms. The molecule has 0 bridgehead atoms. The number of amides is 2. The average Bonchev–Trinajstić information content (AvgIpc) is 2.59. The van der Waals surface area contributed by atoms with Gasteiger partial charge in [-0.05, 0) is 55.7 Å². The zero-order valence-electron chi connectivity index (χ0n) is 15.7. The Kier molecular flexibility index (Phi) is 7.23. The van der Waals surface area contributed by atoms with Crippen molar-refractivity contribution in [1.29, 1.82) is 0 Å². The molecular formula is C21H30N2O2. The zero-order valence-corrected chi connectivity index (χ0v) is 15.7. The maximum atomic E-state index is 12.3. The first-order valence-electron chi connectivity index (χ1n) is 9.29. The Morgan fingerprint density at radius 1 is 1.16 bits per heavy atom. The summed E-state index contributed by atoms with van der Waals surface area (Å²) < 4.78 is 0. The summed E-state index contributed by atoms with van der Waals surface area (Å²) in [5.41, 5.74) is 3.43. The average molecular weight is 342 g/mol. The van der Waals surface area contributed by atoms with Gasteiger partial charge in [0.15, 0.2) is 0 Å². The van der Waals surface area contributed by atoms with E-state index in [-0.39, 0.29) is 18.4 Å². The fourth-order valence-corrected chi connectivity index (χ4v) is 3.08. The largest absolute Gasteiger partial charge is 0.333 e. The number of rotatable bonds is 7. The molecule has 0 atom stereocenters. The smallest absolute Gasteiger partial charge is 0.243 e. The third-order valence-corrected chi connectivity index (χ3v) is 4.73. The Labute approximate surface area is 151 Å². The van der Waals surface area contributed by atoms with Gasteiger partial charge in [-0.25, -0.2) is 0 Å². The molecule has 1 N–H and O–H groups in total. The molecule has 0 unspecified atom stereocenters. The van der Waals surface area contributed by atoms with Gasteiger partial charge in [0.2, 0.25) is 11.8 Å². The van der Waals surface area contributed by atoms with Crippen molar-refractivity contribution in [1.82, 2.24) is 4.90 Å². The Balaban J connectivity index is 1.86. The molecule has 136 valence electrons. The number of carbonyl (C=O) groups is 2.